The summed E-state index contributed by atoms with van der Waals surface area (Å²) in [4.78, 5) is 39.4. The van der Waals surface area contributed by atoms with Crippen molar-refractivity contribution < 1.29 is 19.4 Å². The van der Waals surface area contributed by atoms with Crippen LogP contribution < -0.4 is 10.4 Å². The number of nitrogens with zero attached hydrogens (tertiary/aromatic N) is 2. The Labute approximate surface area is 135 Å². The van der Waals surface area contributed by atoms with E-state index in [2.05, 4.69) is 9.73 Å². The lowest BCUT2D eigenvalue weighted by atomic mass is 10.2. The summed E-state index contributed by atoms with van der Waals surface area (Å²) < 4.78 is 6.05. The van der Waals surface area contributed by atoms with Gasteiger partial charge in [-0.2, -0.15) is 0 Å². The fraction of sp³-hybridized carbons (Fsp3) is 0.200. The Balaban J connectivity index is 2.60. The number of benzene rings is 1. The molecule has 0 saturated heterocycles. The molecule has 7 nitrogen and oxygen atoms in total. The van der Waals surface area contributed by atoms with Crippen LogP contribution in [0.15, 0.2) is 40.1 Å². The number of rotatable bonds is 4. The van der Waals surface area contributed by atoms with Crippen molar-refractivity contribution in [1.29, 1.82) is 0 Å². The number of hydrogen-bond acceptors (Lipinski definition) is 6. The lowest BCUT2D eigenvalue weighted by Gasteiger charge is -2.04. The molecule has 0 fully saturated rings. The highest BCUT2D eigenvalue weighted by Gasteiger charge is 2.10. The predicted octanol–water partition coefficient (Wildman–Crippen LogP) is 1.65. The summed E-state index contributed by atoms with van der Waals surface area (Å²) in [6.07, 6.45) is 0. The molecule has 23 heavy (non-hydrogen) atoms. The molecule has 1 heterocycles. The van der Waals surface area contributed by atoms with Gasteiger partial charge in [0.25, 0.3) is 5.56 Å². The first-order chi connectivity index (χ1) is 11.0. The van der Waals surface area contributed by atoms with Crippen molar-refractivity contribution in [2.45, 2.75) is 13.5 Å². The van der Waals surface area contributed by atoms with Crippen LogP contribution in [-0.4, -0.2) is 28.7 Å². The van der Waals surface area contributed by atoms with Crippen LogP contribution in [0.1, 0.15) is 27.0 Å². The summed E-state index contributed by atoms with van der Waals surface area (Å²) in [6.45, 7) is 2.18. The molecule has 1 aromatic carbocycles. The third kappa shape index (κ3) is 3.72. The molecular formula is C15H14N2O5S. The van der Waals surface area contributed by atoms with Gasteiger partial charge in [0.1, 0.15) is 4.88 Å². The van der Waals surface area contributed by atoms with Gasteiger partial charge in [-0.15, -0.1) is 0 Å². The molecule has 0 amide bonds. The van der Waals surface area contributed by atoms with Gasteiger partial charge in [-0.3, -0.25) is 9.36 Å². The summed E-state index contributed by atoms with van der Waals surface area (Å²) in [5.41, 5.74) is 0.270. The predicted molar refractivity (Wildman–Crippen MR) is 84.2 cm³/mol. The molecule has 0 aliphatic heterocycles. The highest BCUT2D eigenvalue weighted by Crippen LogP contribution is 2.13. The number of esters is 1. The van der Waals surface area contributed by atoms with Gasteiger partial charge in [-0.05, 0) is 31.2 Å². The maximum Gasteiger partial charge on any atom is 0.348 e. The van der Waals surface area contributed by atoms with E-state index < -0.39 is 11.9 Å². The molecule has 1 N–H and O–H groups in total. The first kappa shape index (κ1) is 16.6. The summed E-state index contributed by atoms with van der Waals surface area (Å²) in [6, 6.07) is 7.12. The van der Waals surface area contributed by atoms with E-state index in [1.807, 2.05) is 0 Å². The molecule has 0 radical (unpaired) electrons. The topological polar surface area (TPSA) is 98.0 Å². The number of carboxylic acids is 1. The van der Waals surface area contributed by atoms with Crippen LogP contribution in [0.5, 0.6) is 0 Å². The van der Waals surface area contributed by atoms with E-state index in [9.17, 15) is 14.4 Å². The molecule has 0 atom stereocenters. The number of carbonyl (C=O) groups is 2. The summed E-state index contributed by atoms with van der Waals surface area (Å²) >= 11 is 1.03. The Morgan fingerprint density at radius 2 is 1.96 bits per heavy atom. The van der Waals surface area contributed by atoms with Gasteiger partial charge in [0, 0.05) is 12.6 Å². The summed E-state index contributed by atoms with van der Waals surface area (Å²) in [5.74, 6) is -1.63. The number of carbonyl (C=O) groups excluding carboxylic acids is 1. The zero-order chi connectivity index (χ0) is 17.0. The highest BCUT2D eigenvalue weighted by molar-refractivity contribution is 7.11. The normalized spacial score (nSPS) is 11.3. The Hall–Kier alpha value is -2.74. The zero-order valence-electron chi connectivity index (χ0n) is 12.5. The second-order valence-corrected chi connectivity index (χ2v) is 5.44. The second kappa shape index (κ2) is 7.01. The Kier molecular flexibility index (Phi) is 5.07. The summed E-state index contributed by atoms with van der Waals surface area (Å²) in [5, 5.41) is 8.88. The maximum atomic E-state index is 12.1. The van der Waals surface area contributed by atoms with Gasteiger partial charge in [-0.1, -0.05) is 11.3 Å². The number of carboxylic acid groups (broad SMARTS) is 1. The van der Waals surface area contributed by atoms with Gasteiger partial charge in [0.2, 0.25) is 0 Å². The largest absolute Gasteiger partial charge is 0.478 e. The van der Waals surface area contributed by atoms with Crippen molar-refractivity contribution in [2.75, 3.05) is 7.11 Å². The van der Waals surface area contributed by atoms with Crippen molar-refractivity contribution in [3.63, 3.8) is 0 Å². The number of hydrogen-bond donors (Lipinski definition) is 1. The summed E-state index contributed by atoms with van der Waals surface area (Å²) in [7, 11) is 1.24. The Morgan fingerprint density at radius 3 is 2.48 bits per heavy atom. The zero-order valence-corrected chi connectivity index (χ0v) is 13.3. The third-order valence-electron chi connectivity index (χ3n) is 2.99. The van der Waals surface area contributed by atoms with Gasteiger partial charge >= 0.3 is 11.9 Å². The van der Waals surface area contributed by atoms with Crippen LogP contribution in [0.4, 0.5) is 5.69 Å². The number of methoxy groups -OCH3 is 1. The van der Waals surface area contributed by atoms with E-state index in [0.717, 1.165) is 11.3 Å². The van der Waals surface area contributed by atoms with E-state index in [4.69, 9.17) is 5.11 Å². The van der Waals surface area contributed by atoms with E-state index in [0.29, 0.717) is 17.0 Å². The molecule has 8 heteroatoms. The fourth-order valence-corrected chi connectivity index (χ4v) is 2.84. The number of aromatic carboxylic acids is 1. The lowest BCUT2D eigenvalue weighted by molar-refractivity contribution is 0.0604. The molecule has 0 bridgehead atoms. The van der Waals surface area contributed by atoms with Crippen LogP contribution in [-0.2, 0) is 11.3 Å². The van der Waals surface area contributed by atoms with Crippen LogP contribution >= 0.6 is 11.3 Å². The molecule has 2 rings (SSSR count). The van der Waals surface area contributed by atoms with Crippen molar-refractivity contribution in [1.82, 2.24) is 4.57 Å². The Morgan fingerprint density at radius 1 is 1.30 bits per heavy atom. The minimum Gasteiger partial charge on any atom is -0.478 e. The monoisotopic (exact) mass is 334 g/mol. The molecule has 0 spiro atoms. The minimum atomic E-state index is -1.03. The van der Waals surface area contributed by atoms with Crippen LogP contribution in [0.2, 0.25) is 0 Å². The van der Waals surface area contributed by atoms with Crippen molar-refractivity contribution in [2.24, 2.45) is 4.99 Å². The fourth-order valence-electron chi connectivity index (χ4n) is 1.83. The lowest BCUT2D eigenvalue weighted by Crippen LogP contribution is -2.31. The van der Waals surface area contributed by atoms with Gasteiger partial charge in [-0.25, -0.2) is 14.6 Å². The quantitative estimate of drug-likeness (QED) is 0.857. The molecule has 0 aliphatic rings. The van der Waals surface area contributed by atoms with E-state index >= 15 is 0 Å². The number of aromatic nitrogens is 1. The minimum absolute atomic E-state index is 0.142. The SMILES string of the molecule is CCn1c(=O)cc(C(=O)OC)sc1=Nc1ccc(C(=O)O)cc1. The molecule has 120 valence electrons. The van der Waals surface area contributed by atoms with Gasteiger partial charge in [0.05, 0.1) is 18.4 Å². The smallest absolute Gasteiger partial charge is 0.348 e. The van der Waals surface area contributed by atoms with Crippen molar-refractivity contribution >= 4 is 29.0 Å². The van der Waals surface area contributed by atoms with Crippen LogP contribution in [0.3, 0.4) is 0 Å². The molecule has 2 aromatic rings. The van der Waals surface area contributed by atoms with E-state index in [1.54, 1.807) is 6.92 Å². The molecule has 0 unspecified atom stereocenters. The first-order valence-corrected chi connectivity index (χ1v) is 7.49. The molecular weight excluding hydrogens is 320 g/mol. The van der Waals surface area contributed by atoms with Crippen molar-refractivity contribution in [3.05, 3.63) is 55.9 Å². The van der Waals surface area contributed by atoms with Crippen LogP contribution in [0.25, 0.3) is 0 Å². The highest BCUT2D eigenvalue weighted by atomic mass is 32.1. The second-order valence-electron chi connectivity index (χ2n) is 4.43. The van der Waals surface area contributed by atoms with E-state index in [1.165, 1.54) is 42.0 Å². The van der Waals surface area contributed by atoms with Gasteiger partial charge in [0.15, 0.2) is 4.80 Å². The van der Waals surface area contributed by atoms with Crippen molar-refractivity contribution in [3.8, 4) is 0 Å². The maximum absolute atomic E-state index is 12.1. The van der Waals surface area contributed by atoms with E-state index in [-0.39, 0.29) is 16.0 Å². The average Bonchev–Trinajstić information content (AvgIpc) is 2.54. The molecule has 0 saturated carbocycles. The molecule has 1 aromatic heterocycles. The average molecular weight is 334 g/mol. The number of ether oxygens (including phenoxy) is 1. The standard InChI is InChI=1S/C15H14N2O5S/c1-3-17-12(18)8-11(14(21)22-2)23-15(17)16-10-6-4-9(5-7-10)13(19)20/h4-8H,3H2,1-2H3,(H,19,20). The molecule has 0 aliphatic carbocycles. The first-order valence-electron chi connectivity index (χ1n) is 6.67. The van der Waals surface area contributed by atoms with Crippen LogP contribution in [0, 0.1) is 0 Å². The van der Waals surface area contributed by atoms with Gasteiger partial charge < -0.3 is 9.84 Å². The Bertz CT molecular complexity index is 865. The third-order valence-corrected chi connectivity index (χ3v) is 3.99.